The second-order valence-electron chi connectivity index (χ2n) is 29.1. The van der Waals surface area contributed by atoms with E-state index in [1.165, 1.54) is 25.0 Å². The van der Waals surface area contributed by atoms with Crippen molar-refractivity contribution in [3.63, 3.8) is 0 Å². The van der Waals surface area contributed by atoms with Gasteiger partial charge in [-0.25, -0.2) is 14.8 Å². The van der Waals surface area contributed by atoms with Crippen LogP contribution in [0.4, 0.5) is 0 Å². The predicted octanol–water partition coefficient (Wildman–Crippen LogP) is -15.1. The van der Waals surface area contributed by atoms with Gasteiger partial charge in [-0.2, -0.15) is 0 Å². The topological polar surface area (TPSA) is 944 Å². The number of aliphatic hydroxyl groups is 4. The van der Waals surface area contributed by atoms with Crippen LogP contribution in [0.1, 0.15) is 108 Å². The van der Waals surface area contributed by atoms with Gasteiger partial charge >= 0.3 is 11.9 Å². The summed E-state index contributed by atoms with van der Waals surface area (Å²) in [6, 6.07) is -17.5. The van der Waals surface area contributed by atoms with E-state index in [9.17, 15) is 117 Å². The Hall–Kier alpha value is -14.3. The fourth-order valence-electron chi connectivity index (χ4n) is 11.9. The van der Waals surface area contributed by atoms with Crippen molar-refractivity contribution < 1.29 is 117 Å². The summed E-state index contributed by atoms with van der Waals surface area (Å²) in [6.45, 7) is -1.63. The maximum Gasteiger partial charge on any atom is 0.326 e. The third kappa shape index (κ3) is 41.0. The van der Waals surface area contributed by atoms with Gasteiger partial charge in [-0.15, -0.1) is 0 Å². The molecule has 55 heteroatoms. The molecule has 0 aliphatic heterocycles. The quantitative estimate of drug-likeness (QED) is 0.0142. The molecule has 3 rings (SSSR count). The standard InChI is InChI=1S/C73H117N31O24/c1-34(107)55(103-57(114)39(75)22-37-27-84-32-90-37)68(125)99-44(23-38-28-85-33-91-38)63(120)96-43(16-10-20-88-73(82)83)62(119)104-56(35(2)108)69(126)100-47(26-54(112)113)66(123)97-45(24-51(76)109)64(121)95-41(14-8-18-86-71(78)79)60(117)93-40(13-6-7-17-74)59(116)94-42(15-9-19-87-72(80)81)61(118)102-49(30-105)58(115)89-29-53(111)92-50(31-106)67(124)98-46(25-52(77)110)65(122)101-48(70(127)128)21-36-11-4-3-5-12-36/h3-5,11-12,27-28,32-35,39-50,55-56,105-108H,6-10,13-26,29-31,74-75H2,1-2H3,(H2,76,109)(H2,77,110)(H,84,90)(H,85,91)(H,89,115)(H,92,111)(H,93,117)(H,94,116)(H,95,121)(H,96,120)(H,97,123)(H,98,124)(H,99,125)(H,100,126)(H,101,122)(H,102,118)(H,103,114)(H,104,119)(H,112,113)(H,127,128)(H4,78,79,86)(H4,80,81,87)(H4,82,83,88)/t34-,35-,39+,40+,41+,42+,43+,44+,45+,46+,47+,48+,49+,50+,55+,56+/m1/s1. The van der Waals surface area contributed by atoms with Crippen LogP contribution in [-0.4, -0.2) is 318 Å². The number of aromatic amines is 2. The number of nitrogens with two attached hydrogens (primary N) is 7. The van der Waals surface area contributed by atoms with Crippen LogP contribution < -0.4 is 131 Å². The SMILES string of the molecule is C[C@@H](O)[C@H](NC(=O)[C@H](CCCNC(=N)N)NC(=O)[C@H](Cc1cnc[nH]1)NC(=O)[C@@H](NC(=O)[C@@H](N)Cc1cnc[nH]1)[C@@H](C)O)C(=O)N[C@@H](CC(=O)O)C(=O)N[C@@H](CC(N)=O)C(=O)N[C@@H](CCCNC(=N)N)C(=O)N[C@@H](CCCCN)C(=O)N[C@@H](CCCNC(=N)N)C(=O)N[C@@H](CO)C(=O)NCC(=O)N[C@@H](CO)C(=O)N[C@@H](CC(N)=O)C(=O)N[C@@H](Cc1ccccc1)C(=O)O. The number of nitrogens with one attached hydrogen (secondary N) is 22. The number of carboxylic acids is 2. The smallest absolute Gasteiger partial charge is 0.326 e. The number of hydrogen-bond acceptors (Lipinski definition) is 29. The van der Waals surface area contributed by atoms with Crippen molar-refractivity contribution in [1.82, 2.24) is 110 Å². The number of aliphatic carboxylic acids is 2. The molecule has 0 aliphatic rings. The zero-order chi connectivity index (χ0) is 95.9. The summed E-state index contributed by atoms with van der Waals surface area (Å²) in [4.78, 5) is 258. The van der Waals surface area contributed by atoms with Gasteiger partial charge in [0.1, 0.15) is 78.5 Å². The predicted molar refractivity (Wildman–Crippen MR) is 446 cm³/mol. The number of aliphatic hydroxyl groups excluding tert-OH is 4. The van der Waals surface area contributed by atoms with Crippen LogP contribution in [0, 0.1) is 16.2 Å². The Morgan fingerprint density at radius 1 is 0.391 bits per heavy atom. The van der Waals surface area contributed by atoms with Gasteiger partial charge in [-0.05, 0) is 83.7 Å². The zero-order valence-corrected chi connectivity index (χ0v) is 70.0. The Bertz CT molecular complexity index is 4260. The molecule has 1 aromatic carbocycles. The Balaban J connectivity index is 1.92. The van der Waals surface area contributed by atoms with E-state index in [-0.39, 0.29) is 103 Å². The molecule has 0 radical (unpaired) electrons. The van der Waals surface area contributed by atoms with Crippen LogP contribution in [0.5, 0.6) is 0 Å². The molecule has 16 atom stereocenters. The van der Waals surface area contributed by atoms with Crippen molar-refractivity contribution >= 4 is 124 Å². The van der Waals surface area contributed by atoms with Gasteiger partial charge in [-0.1, -0.05) is 30.3 Å². The first-order valence-corrected chi connectivity index (χ1v) is 40.0. The minimum Gasteiger partial charge on any atom is -0.481 e. The van der Waals surface area contributed by atoms with E-state index >= 15 is 0 Å². The lowest BCUT2D eigenvalue weighted by Crippen LogP contribution is -2.63. The van der Waals surface area contributed by atoms with E-state index < -0.39 is 267 Å². The highest BCUT2D eigenvalue weighted by Crippen LogP contribution is 2.13. The van der Waals surface area contributed by atoms with Crippen molar-refractivity contribution in [3.05, 3.63) is 72.3 Å². The molecule has 2 heterocycles. The number of carbonyl (C=O) groups is 18. The van der Waals surface area contributed by atoms with Crippen molar-refractivity contribution in [2.45, 2.75) is 207 Å². The summed E-state index contributed by atoms with van der Waals surface area (Å²) < 4.78 is 0. The van der Waals surface area contributed by atoms with Crippen molar-refractivity contribution in [1.29, 1.82) is 16.2 Å². The van der Waals surface area contributed by atoms with E-state index in [1.54, 1.807) is 30.3 Å². The van der Waals surface area contributed by atoms with Crippen LogP contribution in [-0.2, 0) is 106 Å². The number of aromatic nitrogens is 4. The summed E-state index contributed by atoms with van der Waals surface area (Å²) >= 11 is 0. The molecule has 0 saturated carbocycles. The molecule has 0 unspecified atom stereocenters. The molecule has 128 heavy (non-hydrogen) atoms. The molecule has 708 valence electrons. The molecule has 16 amide bonds. The zero-order valence-electron chi connectivity index (χ0n) is 70.0. The monoisotopic (exact) mass is 1810 g/mol. The number of carbonyl (C=O) groups excluding carboxylic acids is 16. The molecule has 0 saturated heterocycles. The van der Waals surface area contributed by atoms with Crippen molar-refractivity contribution in [3.8, 4) is 0 Å². The van der Waals surface area contributed by atoms with Crippen LogP contribution in [0.2, 0.25) is 0 Å². The average Bonchev–Trinajstić information content (AvgIpc) is 0.944. The third-order valence-electron chi connectivity index (χ3n) is 18.6. The number of unbranched alkanes of at least 4 members (excludes halogenated alkanes) is 1. The van der Waals surface area contributed by atoms with Crippen LogP contribution in [0.25, 0.3) is 0 Å². The molecular formula is C73H117N31O24. The Morgan fingerprint density at radius 3 is 1.12 bits per heavy atom. The second-order valence-corrected chi connectivity index (χ2v) is 29.1. The first-order chi connectivity index (χ1) is 60.5. The molecule has 0 bridgehead atoms. The Labute approximate surface area is 730 Å². The number of rotatable bonds is 61. The van der Waals surface area contributed by atoms with Crippen LogP contribution in [0.15, 0.2) is 55.4 Å². The minimum absolute atomic E-state index is 0.0353. The summed E-state index contributed by atoms with van der Waals surface area (Å²) in [7, 11) is 0. The number of nitrogens with zero attached hydrogens (tertiary/aromatic N) is 2. The normalized spacial score (nSPS) is 14.7. The van der Waals surface area contributed by atoms with E-state index in [2.05, 4.69) is 110 Å². The molecule has 0 aliphatic carbocycles. The maximum absolute atomic E-state index is 14.6. The van der Waals surface area contributed by atoms with Gasteiger partial charge in [-0.3, -0.25) is 97.7 Å². The number of imidazole rings is 2. The van der Waals surface area contributed by atoms with Gasteiger partial charge in [0, 0.05) is 62.7 Å². The summed E-state index contributed by atoms with van der Waals surface area (Å²) in [5, 5.41) is 124. The summed E-state index contributed by atoms with van der Waals surface area (Å²) in [5.41, 5.74) is 40.2. The highest BCUT2D eigenvalue weighted by Gasteiger charge is 2.40. The fraction of sp³-hybridized carbons (Fsp3) is 0.548. The van der Waals surface area contributed by atoms with Gasteiger partial charge < -0.3 is 171 Å². The third-order valence-corrected chi connectivity index (χ3v) is 18.6. The van der Waals surface area contributed by atoms with Crippen LogP contribution in [0.3, 0.4) is 0 Å². The van der Waals surface area contributed by atoms with Crippen molar-refractivity contribution in [2.24, 2.45) is 40.1 Å². The van der Waals surface area contributed by atoms with Crippen LogP contribution >= 0.6 is 0 Å². The summed E-state index contributed by atoms with van der Waals surface area (Å²) in [5.74, 6) is -24.6. The summed E-state index contributed by atoms with van der Waals surface area (Å²) in [6.07, 6.45) is -3.82. The average molecular weight is 1810 g/mol. The molecule has 0 spiro atoms. The Kier molecular flexibility index (Phi) is 47.6. The molecule has 0 fully saturated rings. The number of primary amides is 2. The first kappa shape index (κ1) is 108. The molecule has 3 aromatic rings. The number of benzene rings is 1. The van der Waals surface area contributed by atoms with Gasteiger partial charge in [0.15, 0.2) is 17.9 Å². The van der Waals surface area contributed by atoms with E-state index in [0.717, 1.165) is 13.8 Å². The number of H-pyrrole nitrogens is 2. The van der Waals surface area contributed by atoms with E-state index in [4.69, 9.17) is 56.4 Å². The minimum atomic E-state index is -2.29. The lowest BCUT2D eigenvalue weighted by molar-refractivity contribution is -0.142. The molecular weight excluding hydrogens is 1690 g/mol. The lowest BCUT2D eigenvalue weighted by atomic mass is 10.0. The van der Waals surface area contributed by atoms with E-state index in [1.807, 2.05) is 0 Å². The number of carboxylic acid groups (broad SMARTS) is 2. The molecule has 2 aromatic heterocycles. The molecule has 42 N–H and O–H groups in total. The number of guanidine groups is 3. The maximum atomic E-state index is 14.6. The van der Waals surface area contributed by atoms with E-state index in [0.29, 0.717) is 11.3 Å². The highest BCUT2D eigenvalue weighted by molar-refractivity contribution is 6.02. The van der Waals surface area contributed by atoms with Gasteiger partial charge in [0.05, 0.1) is 69.9 Å². The van der Waals surface area contributed by atoms with Crippen molar-refractivity contribution in [2.75, 3.05) is 45.9 Å². The number of amides is 16. The number of hydrogen-bond donors (Lipinski definition) is 35. The largest absolute Gasteiger partial charge is 0.481 e. The second kappa shape index (κ2) is 56.5. The fourth-order valence-corrected chi connectivity index (χ4v) is 11.9. The first-order valence-electron chi connectivity index (χ1n) is 40.0. The lowest BCUT2D eigenvalue weighted by Gasteiger charge is -2.29. The molecule has 55 nitrogen and oxygen atoms in total. The Morgan fingerprint density at radius 2 is 0.734 bits per heavy atom. The van der Waals surface area contributed by atoms with Gasteiger partial charge in [0.2, 0.25) is 94.5 Å². The van der Waals surface area contributed by atoms with Gasteiger partial charge in [0.25, 0.3) is 0 Å². The highest BCUT2D eigenvalue weighted by atomic mass is 16.4.